The molecule has 2 fully saturated rings. The van der Waals surface area contributed by atoms with Crippen molar-refractivity contribution in [2.75, 3.05) is 0 Å². The molecule has 1 aromatic rings. The molecule has 0 bridgehead atoms. The molecule has 1 nitrogen and oxygen atoms in total. The number of benzene rings is 1. The Bertz CT molecular complexity index is 536. The molecule has 26 heavy (non-hydrogen) atoms. The number of rotatable bonds is 5. The molecule has 0 atom stereocenters. The molecule has 2 aliphatic carbocycles. The maximum absolute atomic E-state index is 12.2. The summed E-state index contributed by atoms with van der Waals surface area (Å²) in [5, 5.41) is 0. The molecule has 0 unspecified atom stereocenters. The Morgan fingerprint density at radius 2 is 1.31 bits per heavy atom. The van der Waals surface area contributed by atoms with Crippen LogP contribution in [-0.2, 0) is 0 Å². The molecular weight excluding hydrogens is 337 g/mol. The third-order valence-corrected chi connectivity index (χ3v) is 6.55. The fourth-order valence-corrected chi connectivity index (χ4v) is 4.82. The van der Waals surface area contributed by atoms with Crippen molar-refractivity contribution in [1.29, 1.82) is 0 Å². The van der Waals surface area contributed by atoms with Crippen LogP contribution in [0.5, 0.6) is 5.75 Å². The van der Waals surface area contributed by atoms with Crippen molar-refractivity contribution in [2.24, 2.45) is 17.8 Å². The van der Waals surface area contributed by atoms with Crippen molar-refractivity contribution in [3.8, 4) is 5.75 Å². The summed E-state index contributed by atoms with van der Waals surface area (Å²) in [4.78, 5) is 0. The van der Waals surface area contributed by atoms with E-state index in [4.69, 9.17) is 0 Å². The van der Waals surface area contributed by atoms with E-state index in [2.05, 4.69) is 11.7 Å². The second-order valence-electron chi connectivity index (χ2n) is 8.54. The molecule has 2 aliphatic rings. The zero-order chi connectivity index (χ0) is 18.6. The quantitative estimate of drug-likeness (QED) is 0.524. The van der Waals surface area contributed by atoms with Crippen LogP contribution in [0, 0.1) is 17.8 Å². The third kappa shape index (κ3) is 5.92. The number of halogens is 3. The minimum Gasteiger partial charge on any atom is -0.406 e. The lowest BCUT2D eigenvalue weighted by Crippen LogP contribution is -2.17. The summed E-state index contributed by atoms with van der Waals surface area (Å²) >= 11 is 0. The highest BCUT2D eigenvalue weighted by Gasteiger charge is 2.31. The fraction of sp³-hybridized carbons (Fsp3) is 0.727. The average molecular weight is 368 g/mol. The van der Waals surface area contributed by atoms with Crippen LogP contribution in [0.3, 0.4) is 0 Å². The highest BCUT2D eigenvalue weighted by Crippen LogP contribution is 2.40. The van der Waals surface area contributed by atoms with Gasteiger partial charge in [0.2, 0.25) is 0 Å². The van der Waals surface area contributed by atoms with E-state index < -0.39 is 6.36 Å². The predicted molar refractivity (Wildman–Crippen MR) is 98.2 cm³/mol. The van der Waals surface area contributed by atoms with E-state index in [1.807, 2.05) is 0 Å². The Balaban J connectivity index is 1.40. The molecule has 0 radical (unpaired) electrons. The second kappa shape index (κ2) is 8.67. The van der Waals surface area contributed by atoms with Gasteiger partial charge in [0.15, 0.2) is 0 Å². The molecule has 4 heteroatoms. The number of alkyl halides is 3. The normalized spacial score (nSPS) is 30.2. The summed E-state index contributed by atoms with van der Waals surface area (Å²) < 4.78 is 40.7. The van der Waals surface area contributed by atoms with E-state index in [0.29, 0.717) is 5.92 Å². The van der Waals surface area contributed by atoms with Gasteiger partial charge in [-0.1, -0.05) is 57.6 Å². The first-order chi connectivity index (χ1) is 12.4. The molecule has 0 N–H and O–H groups in total. The molecule has 0 amide bonds. The minimum atomic E-state index is -4.62. The molecule has 0 heterocycles. The highest BCUT2D eigenvalue weighted by molar-refractivity contribution is 5.29. The highest BCUT2D eigenvalue weighted by atomic mass is 19.4. The lowest BCUT2D eigenvalue weighted by Gasteiger charge is -2.31. The summed E-state index contributed by atoms with van der Waals surface area (Å²) in [7, 11) is 0. The molecule has 3 rings (SSSR count). The summed E-state index contributed by atoms with van der Waals surface area (Å²) in [5.41, 5.74) is 1.15. The monoisotopic (exact) mass is 368 g/mol. The summed E-state index contributed by atoms with van der Waals surface area (Å²) in [5.74, 6) is 3.08. The van der Waals surface area contributed by atoms with Crippen molar-refractivity contribution >= 4 is 0 Å². The van der Waals surface area contributed by atoms with Gasteiger partial charge < -0.3 is 4.74 Å². The maximum Gasteiger partial charge on any atom is 0.573 e. The van der Waals surface area contributed by atoms with Gasteiger partial charge in [-0.25, -0.2) is 0 Å². The predicted octanol–water partition coefficient (Wildman–Crippen LogP) is 7.47. The van der Waals surface area contributed by atoms with Gasteiger partial charge in [-0.2, -0.15) is 0 Å². The van der Waals surface area contributed by atoms with E-state index in [9.17, 15) is 13.2 Å². The van der Waals surface area contributed by atoms with E-state index in [0.717, 1.165) is 36.2 Å². The molecule has 2 saturated carbocycles. The molecule has 146 valence electrons. The zero-order valence-corrected chi connectivity index (χ0v) is 15.7. The van der Waals surface area contributed by atoms with Crippen LogP contribution in [0.15, 0.2) is 24.3 Å². The number of hydrogen-bond acceptors (Lipinski definition) is 1. The van der Waals surface area contributed by atoms with Crippen molar-refractivity contribution < 1.29 is 17.9 Å². The average Bonchev–Trinajstić information content (AvgIpc) is 2.61. The van der Waals surface area contributed by atoms with Crippen LogP contribution in [0.4, 0.5) is 13.2 Å². The Morgan fingerprint density at radius 1 is 0.808 bits per heavy atom. The van der Waals surface area contributed by atoms with Crippen molar-refractivity contribution in [3.05, 3.63) is 29.8 Å². The first kappa shape index (κ1) is 19.6. The van der Waals surface area contributed by atoms with E-state index in [1.165, 1.54) is 63.5 Å². The topological polar surface area (TPSA) is 9.23 Å². The molecular formula is C22H31F3O. The number of hydrogen-bond donors (Lipinski definition) is 0. The zero-order valence-electron chi connectivity index (χ0n) is 15.7. The first-order valence-corrected chi connectivity index (χ1v) is 10.2. The van der Waals surface area contributed by atoms with Crippen LogP contribution >= 0.6 is 0 Å². The molecule has 0 aliphatic heterocycles. The van der Waals surface area contributed by atoms with Gasteiger partial charge in [-0.05, 0) is 67.1 Å². The first-order valence-electron chi connectivity index (χ1n) is 10.2. The van der Waals surface area contributed by atoms with Gasteiger partial charge >= 0.3 is 6.36 Å². The smallest absolute Gasteiger partial charge is 0.406 e. The van der Waals surface area contributed by atoms with Gasteiger partial charge in [0.25, 0.3) is 0 Å². The van der Waals surface area contributed by atoms with Crippen molar-refractivity contribution in [2.45, 2.75) is 83.4 Å². The Hall–Kier alpha value is -1.19. The van der Waals surface area contributed by atoms with Crippen LogP contribution < -0.4 is 4.74 Å². The van der Waals surface area contributed by atoms with Crippen molar-refractivity contribution in [1.82, 2.24) is 0 Å². The van der Waals surface area contributed by atoms with E-state index in [1.54, 1.807) is 12.1 Å². The standard InChI is InChI=1S/C22H31F3O/c1-16-2-4-17(5-3-16)6-7-18-8-10-19(11-9-18)20-12-14-21(15-13-20)26-22(23,24)25/h12-19H,2-11H2,1H3. The summed E-state index contributed by atoms with van der Waals surface area (Å²) in [6.07, 6.45) is 8.63. The van der Waals surface area contributed by atoms with Crippen LogP contribution in [0.2, 0.25) is 0 Å². The Labute approximate surface area is 155 Å². The lowest BCUT2D eigenvalue weighted by atomic mass is 9.74. The SMILES string of the molecule is CC1CCC(CCC2CCC(c3ccc(OC(F)(F)F)cc3)CC2)CC1. The van der Waals surface area contributed by atoms with Gasteiger partial charge in [0, 0.05) is 0 Å². The second-order valence-corrected chi connectivity index (χ2v) is 8.54. The Morgan fingerprint density at radius 3 is 1.81 bits per heavy atom. The molecule has 0 aromatic heterocycles. The number of ether oxygens (including phenoxy) is 1. The fourth-order valence-electron chi connectivity index (χ4n) is 4.82. The van der Waals surface area contributed by atoms with Gasteiger partial charge in [0.1, 0.15) is 5.75 Å². The lowest BCUT2D eigenvalue weighted by molar-refractivity contribution is -0.274. The van der Waals surface area contributed by atoms with Gasteiger partial charge in [-0.15, -0.1) is 13.2 Å². The van der Waals surface area contributed by atoms with Gasteiger partial charge in [-0.3, -0.25) is 0 Å². The summed E-state index contributed by atoms with van der Waals surface area (Å²) in [6, 6.07) is 6.49. The maximum atomic E-state index is 12.2. The third-order valence-electron chi connectivity index (χ3n) is 6.55. The van der Waals surface area contributed by atoms with Crippen LogP contribution in [0.25, 0.3) is 0 Å². The van der Waals surface area contributed by atoms with Crippen LogP contribution in [0.1, 0.15) is 82.6 Å². The van der Waals surface area contributed by atoms with E-state index >= 15 is 0 Å². The summed E-state index contributed by atoms with van der Waals surface area (Å²) in [6.45, 7) is 2.37. The molecule has 1 aromatic carbocycles. The molecule has 0 saturated heterocycles. The Kier molecular flexibility index (Phi) is 6.52. The van der Waals surface area contributed by atoms with Crippen molar-refractivity contribution in [3.63, 3.8) is 0 Å². The van der Waals surface area contributed by atoms with Crippen LogP contribution in [-0.4, -0.2) is 6.36 Å². The van der Waals surface area contributed by atoms with E-state index in [-0.39, 0.29) is 5.75 Å². The van der Waals surface area contributed by atoms with Gasteiger partial charge in [0.05, 0.1) is 0 Å². The minimum absolute atomic E-state index is 0.128. The molecule has 0 spiro atoms. The largest absolute Gasteiger partial charge is 0.573 e.